The van der Waals surface area contributed by atoms with E-state index in [1.54, 1.807) is 0 Å². The third-order valence-corrected chi connectivity index (χ3v) is 3.08. The van der Waals surface area contributed by atoms with E-state index < -0.39 is 0 Å². The van der Waals surface area contributed by atoms with Gasteiger partial charge in [0, 0.05) is 11.8 Å². The van der Waals surface area contributed by atoms with Crippen LogP contribution in [-0.2, 0) is 13.0 Å². The van der Waals surface area contributed by atoms with Gasteiger partial charge in [-0.15, -0.1) is 0 Å². The Labute approximate surface area is 107 Å². The van der Waals surface area contributed by atoms with Gasteiger partial charge in [0.15, 0.2) is 0 Å². The van der Waals surface area contributed by atoms with Crippen LogP contribution >= 0.6 is 0 Å². The summed E-state index contributed by atoms with van der Waals surface area (Å²) in [6, 6.07) is 0. The van der Waals surface area contributed by atoms with Crippen molar-refractivity contribution in [1.29, 1.82) is 0 Å². The van der Waals surface area contributed by atoms with Crippen LogP contribution in [0.1, 0.15) is 29.0 Å². The SMILES string of the molecule is CNCCCc1cnn(Cc2c(C)noc2C)c1. The number of nitrogens with zero attached hydrogens (tertiary/aromatic N) is 3. The van der Waals surface area contributed by atoms with Crippen LogP contribution < -0.4 is 5.32 Å². The topological polar surface area (TPSA) is 55.9 Å². The molecule has 0 atom stereocenters. The number of rotatable bonds is 6. The van der Waals surface area contributed by atoms with E-state index in [2.05, 4.69) is 21.8 Å². The lowest BCUT2D eigenvalue weighted by atomic mass is 10.2. The molecule has 0 aliphatic rings. The van der Waals surface area contributed by atoms with Gasteiger partial charge in [-0.25, -0.2) is 0 Å². The maximum Gasteiger partial charge on any atom is 0.138 e. The molecule has 0 bridgehead atoms. The Morgan fingerprint density at radius 3 is 2.89 bits per heavy atom. The summed E-state index contributed by atoms with van der Waals surface area (Å²) in [5.74, 6) is 0.875. The van der Waals surface area contributed by atoms with Crippen LogP contribution in [-0.4, -0.2) is 28.5 Å². The summed E-state index contributed by atoms with van der Waals surface area (Å²) in [6.07, 6.45) is 6.23. The first-order chi connectivity index (χ1) is 8.70. The Balaban J connectivity index is 1.98. The lowest BCUT2D eigenvalue weighted by Crippen LogP contribution is -2.08. The smallest absolute Gasteiger partial charge is 0.138 e. The lowest BCUT2D eigenvalue weighted by molar-refractivity contribution is 0.391. The summed E-state index contributed by atoms with van der Waals surface area (Å²) in [7, 11) is 1.97. The lowest BCUT2D eigenvalue weighted by Gasteiger charge is -2.00. The molecular weight excluding hydrogens is 228 g/mol. The molecule has 0 aliphatic carbocycles. The number of aryl methyl sites for hydroxylation is 3. The van der Waals surface area contributed by atoms with Gasteiger partial charge in [0.1, 0.15) is 5.76 Å². The average Bonchev–Trinajstić information content (AvgIpc) is 2.92. The quantitative estimate of drug-likeness (QED) is 0.790. The molecule has 2 aromatic rings. The summed E-state index contributed by atoms with van der Waals surface area (Å²) >= 11 is 0. The van der Waals surface area contributed by atoms with Crippen molar-refractivity contribution in [2.75, 3.05) is 13.6 Å². The Bertz CT molecular complexity index is 481. The highest BCUT2D eigenvalue weighted by atomic mass is 16.5. The van der Waals surface area contributed by atoms with Gasteiger partial charge in [0.2, 0.25) is 0 Å². The second-order valence-electron chi connectivity index (χ2n) is 4.56. The van der Waals surface area contributed by atoms with E-state index in [0.717, 1.165) is 42.9 Å². The Hall–Kier alpha value is -1.62. The number of hydrogen-bond donors (Lipinski definition) is 1. The minimum Gasteiger partial charge on any atom is -0.361 e. The van der Waals surface area contributed by atoms with Crippen molar-refractivity contribution >= 4 is 0 Å². The molecule has 0 aliphatic heterocycles. The van der Waals surface area contributed by atoms with Gasteiger partial charge in [-0.3, -0.25) is 4.68 Å². The van der Waals surface area contributed by atoms with Crippen molar-refractivity contribution in [3.63, 3.8) is 0 Å². The molecule has 0 fully saturated rings. The Morgan fingerprint density at radius 2 is 2.22 bits per heavy atom. The first-order valence-corrected chi connectivity index (χ1v) is 6.28. The largest absolute Gasteiger partial charge is 0.361 e. The molecule has 0 aromatic carbocycles. The average molecular weight is 248 g/mol. The van der Waals surface area contributed by atoms with Crippen molar-refractivity contribution in [3.8, 4) is 0 Å². The van der Waals surface area contributed by atoms with Crippen molar-refractivity contribution in [2.45, 2.75) is 33.2 Å². The summed E-state index contributed by atoms with van der Waals surface area (Å²) in [4.78, 5) is 0. The molecule has 0 unspecified atom stereocenters. The van der Waals surface area contributed by atoms with Crippen LogP contribution in [0.25, 0.3) is 0 Å². The molecule has 0 radical (unpaired) electrons. The van der Waals surface area contributed by atoms with E-state index >= 15 is 0 Å². The molecule has 2 heterocycles. The maximum absolute atomic E-state index is 5.15. The minimum atomic E-state index is 0.729. The summed E-state index contributed by atoms with van der Waals surface area (Å²) < 4.78 is 7.10. The molecule has 5 nitrogen and oxygen atoms in total. The molecule has 2 rings (SSSR count). The highest BCUT2D eigenvalue weighted by Crippen LogP contribution is 2.14. The fraction of sp³-hybridized carbons (Fsp3) is 0.538. The first kappa shape index (κ1) is 12.8. The zero-order chi connectivity index (χ0) is 13.0. The molecule has 0 saturated heterocycles. The Morgan fingerprint density at radius 1 is 1.39 bits per heavy atom. The van der Waals surface area contributed by atoms with Crippen molar-refractivity contribution in [3.05, 3.63) is 35.0 Å². The summed E-state index contributed by atoms with van der Waals surface area (Å²) in [5.41, 5.74) is 3.34. The molecular formula is C13H20N4O. The molecule has 0 saturated carbocycles. The van der Waals surface area contributed by atoms with E-state index in [0.29, 0.717) is 0 Å². The zero-order valence-corrected chi connectivity index (χ0v) is 11.2. The van der Waals surface area contributed by atoms with E-state index in [1.807, 2.05) is 31.8 Å². The molecule has 2 aromatic heterocycles. The van der Waals surface area contributed by atoms with E-state index in [4.69, 9.17) is 4.52 Å². The van der Waals surface area contributed by atoms with Crippen LogP contribution in [0.2, 0.25) is 0 Å². The summed E-state index contributed by atoms with van der Waals surface area (Å²) in [5, 5.41) is 11.5. The standard InChI is InChI=1S/C13H20N4O/c1-10-13(11(2)18-16-10)9-17-8-12(7-15-17)5-4-6-14-3/h7-8,14H,4-6,9H2,1-3H3. The maximum atomic E-state index is 5.15. The molecule has 18 heavy (non-hydrogen) atoms. The first-order valence-electron chi connectivity index (χ1n) is 6.28. The highest BCUT2D eigenvalue weighted by molar-refractivity contribution is 5.21. The highest BCUT2D eigenvalue weighted by Gasteiger charge is 2.10. The Kier molecular flexibility index (Phi) is 4.15. The third kappa shape index (κ3) is 2.98. The molecule has 98 valence electrons. The van der Waals surface area contributed by atoms with Crippen LogP contribution in [0.4, 0.5) is 0 Å². The van der Waals surface area contributed by atoms with Gasteiger partial charge in [-0.05, 0) is 45.8 Å². The van der Waals surface area contributed by atoms with Crippen molar-refractivity contribution in [2.24, 2.45) is 0 Å². The fourth-order valence-electron chi connectivity index (χ4n) is 1.98. The zero-order valence-electron chi connectivity index (χ0n) is 11.2. The van der Waals surface area contributed by atoms with Crippen molar-refractivity contribution < 1.29 is 4.52 Å². The molecule has 5 heteroatoms. The monoisotopic (exact) mass is 248 g/mol. The number of aromatic nitrogens is 3. The van der Waals surface area contributed by atoms with E-state index in [9.17, 15) is 0 Å². The van der Waals surface area contributed by atoms with E-state index in [-0.39, 0.29) is 0 Å². The van der Waals surface area contributed by atoms with Gasteiger partial charge >= 0.3 is 0 Å². The predicted octanol–water partition coefficient (Wildman–Crippen LogP) is 1.69. The molecule has 0 amide bonds. The second-order valence-corrected chi connectivity index (χ2v) is 4.56. The number of nitrogens with one attached hydrogen (secondary N) is 1. The summed E-state index contributed by atoms with van der Waals surface area (Å²) in [6.45, 7) is 5.66. The van der Waals surface area contributed by atoms with Crippen LogP contribution in [0.3, 0.4) is 0 Å². The molecule has 0 spiro atoms. The van der Waals surface area contributed by atoms with Crippen LogP contribution in [0.5, 0.6) is 0 Å². The van der Waals surface area contributed by atoms with Crippen LogP contribution in [0, 0.1) is 13.8 Å². The second kappa shape index (κ2) is 5.82. The normalized spacial score (nSPS) is 11.1. The van der Waals surface area contributed by atoms with E-state index in [1.165, 1.54) is 5.56 Å². The van der Waals surface area contributed by atoms with Gasteiger partial charge < -0.3 is 9.84 Å². The molecule has 1 N–H and O–H groups in total. The third-order valence-electron chi connectivity index (χ3n) is 3.08. The van der Waals surface area contributed by atoms with Crippen molar-refractivity contribution in [1.82, 2.24) is 20.3 Å². The predicted molar refractivity (Wildman–Crippen MR) is 69.6 cm³/mol. The fourth-order valence-corrected chi connectivity index (χ4v) is 1.98. The van der Waals surface area contributed by atoms with Gasteiger partial charge in [-0.2, -0.15) is 5.10 Å². The van der Waals surface area contributed by atoms with Gasteiger partial charge in [0.05, 0.1) is 18.4 Å². The van der Waals surface area contributed by atoms with Gasteiger partial charge in [-0.1, -0.05) is 5.16 Å². The number of hydrogen-bond acceptors (Lipinski definition) is 4. The van der Waals surface area contributed by atoms with Gasteiger partial charge in [0.25, 0.3) is 0 Å². The minimum absolute atomic E-state index is 0.729. The van der Waals surface area contributed by atoms with Crippen LogP contribution in [0.15, 0.2) is 16.9 Å².